The molecule has 0 aliphatic carbocycles. The van der Waals surface area contributed by atoms with Gasteiger partial charge in [0.25, 0.3) is 5.97 Å². The average Bonchev–Trinajstić information content (AvgIpc) is 2.70. The second kappa shape index (κ2) is 20.6. The fourth-order valence-corrected chi connectivity index (χ4v) is 3.91. The second-order valence-corrected chi connectivity index (χ2v) is 8.73. The average molecular weight is 466 g/mol. The Morgan fingerprint density at radius 1 is 0.571 bits per heavy atom. The first kappa shape index (κ1) is 28.4. The molecule has 0 fully saturated rings. The van der Waals surface area contributed by atoms with E-state index in [9.17, 15) is 0 Å². The molecule has 0 aromatic heterocycles. The number of halogens is 1. The number of hydrogen-bond acceptors (Lipinski definition) is 3. The van der Waals surface area contributed by atoms with Crippen LogP contribution in [-0.2, 0) is 14.2 Å². The highest BCUT2D eigenvalue weighted by atomic mass is 79.9. The van der Waals surface area contributed by atoms with Crippen LogP contribution in [0, 0.1) is 5.92 Å². The number of rotatable bonds is 22. The zero-order chi connectivity index (χ0) is 20.9. The molecule has 1 unspecified atom stereocenters. The van der Waals surface area contributed by atoms with Crippen LogP contribution in [0.1, 0.15) is 118 Å². The molecule has 0 bridgehead atoms. The van der Waals surface area contributed by atoms with Gasteiger partial charge in [-0.1, -0.05) is 101 Å². The first-order valence-electron chi connectivity index (χ1n) is 12.2. The molecule has 0 amide bonds. The fraction of sp³-hybridized carbons (Fsp3) is 1.00. The molecule has 0 saturated carbocycles. The molecule has 0 aromatic carbocycles. The minimum absolute atomic E-state index is 0.281. The van der Waals surface area contributed by atoms with Gasteiger partial charge in [-0.15, -0.1) is 0 Å². The topological polar surface area (TPSA) is 27.7 Å². The van der Waals surface area contributed by atoms with Gasteiger partial charge in [0, 0.05) is 11.2 Å². The maximum Gasteiger partial charge on any atom is 0.285 e. The molecule has 0 aliphatic rings. The van der Waals surface area contributed by atoms with Crippen molar-refractivity contribution in [3.63, 3.8) is 0 Å². The van der Waals surface area contributed by atoms with Gasteiger partial charge in [-0.25, -0.2) is 0 Å². The Kier molecular flexibility index (Phi) is 20.9. The van der Waals surface area contributed by atoms with E-state index in [1.165, 1.54) is 38.5 Å². The molecule has 0 rings (SSSR count). The number of unbranched alkanes of at least 4 members (excludes halogenated alkanes) is 8. The Bertz CT molecular complexity index is 286. The summed E-state index contributed by atoms with van der Waals surface area (Å²) in [6.45, 7) is 11.0. The van der Waals surface area contributed by atoms with Crippen molar-refractivity contribution in [3.05, 3.63) is 0 Å². The van der Waals surface area contributed by atoms with Crippen molar-refractivity contribution in [2.45, 2.75) is 124 Å². The summed E-state index contributed by atoms with van der Waals surface area (Å²) in [4.78, 5) is 0. The zero-order valence-electron chi connectivity index (χ0n) is 19.4. The molecule has 0 saturated heterocycles. The van der Waals surface area contributed by atoms with Gasteiger partial charge in [-0.2, -0.15) is 0 Å². The van der Waals surface area contributed by atoms with Crippen molar-refractivity contribution in [2.24, 2.45) is 5.92 Å². The number of ether oxygens (including phenoxy) is 3. The van der Waals surface area contributed by atoms with Gasteiger partial charge in [0.05, 0.1) is 19.8 Å². The molecule has 0 aliphatic heterocycles. The Morgan fingerprint density at radius 3 is 1.43 bits per heavy atom. The van der Waals surface area contributed by atoms with Gasteiger partial charge >= 0.3 is 0 Å². The van der Waals surface area contributed by atoms with Gasteiger partial charge in [0.2, 0.25) is 0 Å². The van der Waals surface area contributed by atoms with E-state index in [0.717, 1.165) is 56.7 Å². The lowest BCUT2D eigenvalue weighted by Crippen LogP contribution is -2.47. The summed E-state index contributed by atoms with van der Waals surface area (Å²) >= 11 is 3.66. The zero-order valence-corrected chi connectivity index (χ0v) is 21.0. The van der Waals surface area contributed by atoms with Crippen LogP contribution in [0.5, 0.6) is 0 Å². The summed E-state index contributed by atoms with van der Waals surface area (Å²) in [5.41, 5.74) is 0. The molecule has 170 valence electrons. The highest BCUT2D eigenvalue weighted by Gasteiger charge is 2.42. The molecule has 0 radical (unpaired) electrons. The predicted molar refractivity (Wildman–Crippen MR) is 125 cm³/mol. The van der Waals surface area contributed by atoms with Crippen molar-refractivity contribution in [2.75, 3.05) is 25.2 Å². The number of hydrogen-bond donors (Lipinski definition) is 0. The molecule has 1 atom stereocenters. The number of alkyl halides is 1. The molecular weight excluding hydrogens is 416 g/mol. The van der Waals surface area contributed by atoms with Gasteiger partial charge < -0.3 is 14.2 Å². The second-order valence-electron chi connectivity index (χ2n) is 7.94. The van der Waals surface area contributed by atoms with E-state index in [2.05, 4.69) is 43.6 Å². The van der Waals surface area contributed by atoms with Gasteiger partial charge in [0.15, 0.2) is 0 Å². The normalized spacial score (nSPS) is 13.2. The molecule has 0 heterocycles. The smallest absolute Gasteiger partial charge is 0.285 e. The molecule has 0 N–H and O–H groups in total. The highest BCUT2D eigenvalue weighted by molar-refractivity contribution is 9.09. The van der Waals surface area contributed by atoms with Crippen LogP contribution in [-0.4, -0.2) is 31.1 Å². The summed E-state index contributed by atoms with van der Waals surface area (Å²) in [6, 6.07) is 0. The summed E-state index contributed by atoms with van der Waals surface area (Å²) in [5, 5.41) is 0.959. The van der Waals surface area contributed by atoms with Crippen molar-refractivity contribution in [1.82, 2.24) is 0 Å². The van der Waals surface area contributed by atoms with Crippen LogP contribution in [0.2, 0.25) is 0 Å². The van der Waals surface area contributed by atoms with Crippen LogP contribution >= 0.6 is 15.9 Å². The van der Waals surface area contributed by atoms with E-state index in [4.69, 9.17) is 14.2 Å². The minimum atomic E-state index is -0.864. The molecule has 0 aromatic rings. The lowest BCUT2D eigenvalue weighted by molar-refractivity contribution is -0.406. The van der Waals surface area contributed by atoms with E-state index in [0.29, 0.717) is 19.8 Å². The van der Waals surface area contributed by atoms with E-state index in [1.807, 2.05) is 0 Å². The highest BCUT2D eigenvalue weighted by Crippen LogP contribution is 2.34. The molecular formula is C24H49BrO3. The molecule has 4 heteroatoms. The first-order valence-corrected chi connectivity index (χ1v) is 13.3. The van der Waals surface area contributed by atoms with Crippen LogP contribution in [0.4, 0.5) is 0 Å². The van der Waals surface area contributed by atoms with Crippen molar-refractivity contribution < 1.29 is 14.2 Å². The quantitative estimate of drug-likeness (QED) is 0.0915. The SMILES string of the molecule is CCCCCCCCC(CCBr)C(OCCCC)(OCCCC)OCCCC. The summed E-state index contributed by atoms with van der Waals surface area (Å²) in [7, 11) is 0. The fourth-order valence-electron chi connectivity index (χ4n) is 3.36. The summed E-state index contributed by atoms with van der Waals surface area (Å²) in [6.07, 6.45) is 16.6. The monoisotopic (exact) mass is 464 g/mol. The standard InChI is InChI=1S/C24H49BrO3/c1-5-9-13-14-15-16-17-23(18-19-25)24(26-20-10-6-2,27-21-11-7-3)28-22-12-8-4/h23H,5-22H2,1-4H3. The molecule has 0 spiro atoms. The lowest BCUT2D eigenvalue weighted by atomic mass is 9.95. The van der Waals surface area contributed by atoms with E-state index in [-0.39, 0.29) is 5.92 Å². The third kappa shape index (κ3) is 13.6. The van der Waals surface area contributed by atoms with E-state index in [1.54, 1.807) is 0 Å². The maximum atomic E-state index is 6.41. The minimum Gasteiger partial charge on any atom is -0.327 e. The van der Waals surface area contributed by atoms with E-state index < -0.39 is 5.97 Å². The van der Waals surface area contributed by atoms with Gasteiger partial charge in [0.1, 0.15) is 0 Å². The van der Waals surface area contributed by atoms with Crippen molar-refractivity contribution in [1.29, 1.82) is 0 Å². The molecule has 3 nitrogen and oxygen atoms in total. The van der Waals surface area contributed by atoms with Crippen LogP contribution in [0.3, 0.4) is 0 Å². The summed E-state index contributed by atoms with van der Waals surface area (Å²) < 4.78 is 19.2. The third-order valence-electron chi connectivity index (χ3n) is 5.27. The van der Waals surface area contributed by atoms with Gasteiger partial charge in [-0.3, -0.25) is 0 Å². The first-order chi connectivity index (χ1) is 13.7. The van der Waals surface area contributed by atoms with Gasteiger partial charge in [-0.05, 0) is 32.1 Å². The predicted octanol–water partition coefficient (Wildman–Crippen LogP) is 8.24. The Balaban J connectivity index is 5.08. The third-order valence-corrected chi connectivity index (χ3v) is 5.72. The molecule has 28 heavy (non-hydrogen) atoms. The van der Waals surface area contributed by atoms with Crippen LogP contribution < -0.4 is 0 Å². The van der Waals surface area contributed by atoms with E-state index >= 15 is 0 Å². The van der Waals surface area contributed by atoms with Crippen LogP contribution in [0.25, 0.3) is 0 Å². The van der Waals surface area contributed by atoms with Crippen LogP contribution in [0.15, 0.2) is 0 Å². The largest absolute Gasteiger partial charge is 0.327 e. The Hall–Kier alpha value is 0.360. The van der Waals surface area contributed by atoms with Crippen molar-refractivity contribution in [3.8, 4) is 0 Å². The Morgan fingerprint density at radius 2 is 1.00 bits per heavy atom. The van der Waals surface area contributed by atoms with Crippen molar-refractivity contribution >= 4 is 15.9 Å². The summed E-state index contributed by atoms with van der Waals surface area (Å²) in [5.74, 6) is -0.583. The lowest BCUT2D eigenvalue weighted by Gasteiger charge is -2.40. The Labute approximate surface area is 184 Å². The maximum absolute atomic E-state index is 6.41.